The maximum Gasteiger partial charge on any atom is 0.261 e. The number of carbonyl (C=O) groups excluding carboxylic acids is 3. The lowest BCUT2D eigenvalue weighted by Crippen LogP contribution is -2.32. The van der Waals surface area contributed by atoms with E-state index in [1.165, 1.54) is 11.3 Å². The number of hydrogen-bond donors (Lipinski definition) is 1. The number of benzene rings is 2. The molecule has 3 aromatic rings. The van der Waals surface area contributed by atoms with E-state index in [0.717, 1.165) is 16.2 Å². The molecule has 2 heterocycles. The molecule has 3 amide bonds. The van der Waals surface area contributed by atoms with E-state index in [-0.39, 0.29) is 30.7 Å². The molecule has 0 saturated heterocycles. The molecular weight excluding hydrogens is 362 g/mol. The Labute approximate surface area is 159 Å². The van der Waals surface area contributed by atoms with E-state index in [1.54, 1.807) is 24.3 Å². The molecule has 0 aliphatic carbocycles. The van der Waals surface area contributed by atoms with Gasteiger partial charge in [0.15, 0.2) is 5.13 Å². The van der Waals surface area contributed by atoms with Gasteiger partial charge < -0.3 is 5.32 Å². The summed E-state index contributed by atoms with van der Waals surface area (Å²) in [6.45, 7) is 0.0368. The molecule has 1 aromatic heterocycles. The fourth-order valence-electron chi connectivity index (χ4n) is 2.91. The first-order valence-electron chi connectivity index (χ1n) is 8.39. The van der Waals surface area contributed by atoms with Crippen LogP contribution in [-0.2, 0) is 4.79 Å². The Hall–Kier alpha value is -3.32. The monoisotopic (exact) mass is 377 g/mol. The van der Waals surface area contributed by atoms with E-state index in [4.69, 9.17) is 0 Å². The number of hydrogen-bond acceptors (Lipinski definition) is 5. The van der Waals surface area contributed by atoms with E-state index in [9.17, 15) is 14.4 Å². The lowest BCUT2D eigenvalue weighted by molar-refractivity contribution is -0.116. The summed E-state index contributed by atoms with van der Waals surface area (Å²) < 4.78 is 0. The topological polar surface area (TPSA) is 79.4 Å². The van der Waals surface area contributed by atoms with Gasteiger partial charge in [0, 0.05) is 23.9 Å². The maximum absolute atomic E-state index is 12.3. The minimum Gasteiger partial charge on any atom is -0.302 e. The lowest BCUT2D eigenvalue weighted by Gasteiger charge is -2.12. The van der Waals surface area contributed by atoms with E-state index >= 15 is 0 Å². The van der Waals surface area contributed by atoms with Crippen LogP contribution in [-0.4, -0.2) is 34.2 Å². The Balaban J connectivity index is 1.37. The summed E-state index contributed by atoms with van der Waals surface area (Å²) in [6.07, 6.45) is 0.0196. The van der Waals surface area contributed by atoms with Gasteiger partial charge in [0.2, 0.25) is 5.91 Å². The molecule has 1 aliphatic heterocycles. The summed E-state index contributed by atoms with van der Waals surface area (Å²) in [5.74, 6) is -1.01. The van der Waals surface area contributed by atoms with Crippen LogP contribution in [0.2, 0.25) is 0 Å². The number of amides is 3. The summed E-state index contributed by atoms with van der Waals surface area (Å²) in [6, 6.07) is 16.3. The number of anilines is 1. The van der Waals surface area contributed by atoms with Gasteiger partial charge in [-0.15, -0.1) is 11.3 Å². The fourth-order valence-corrected chi connectivity index (χ4v) is 3.65. The van der Waals surface area contributed by atoms with Gasteiger partial charge in [-0.2, -0.15) is 0 Å². The number of carbonyl (C=O) groups is 3. The third kappa shape index (κ3) is 3.37. The zero-order valence-corrected chi connectivity index (χ0v) is 15.0. The molecule has 0 bridgehead atoms. The maximum atomic E-state index is 12.3. The largest absolute Gasteiger partial charge is 0.302 e. The van der Waals surface area contributed by atoms with Gasteiger partial charge in [-0.05, 0) is 12.1 Å². The third-order valence-corrected chi connectivity index (χ3v) is 5.02. The third-order valence-electron chi connectivity index (χ3n) is 4.26. The molecule has 1 aliphatic rings. The van der Waals surface area contributed by atoms with E-state index in [0.29, 0.717) is 16.3 Å². The van der Waals surface area contributed by atoms with Crippen molar-refractivity contribution in [1.29, 1.82) is 0 Å². The molecule has 0 fully saturated rings. The van der Waals surface area contributed by atoms with Crippen LogP contribution in [0.3, 0.4) is 0 Å². The standard InChI is InChI=1S/C20H15N3O3S/c24-17(22-20-21-16(12-27-20)13-6-2-1-3-7-13)10-11-23-18(25)14-8-4-5-9-15(14)19(23)26/h1-9,12H,10-11H2,(H,21,22,24). The van der Waals surface area contributed by atoms with Crippen LogP contribution in [0, 0.1) is 0 Å². The van der Waals surface area contributed by atoms with Crippen molar-refractivity contribution in [3.05, 3.63) is 71.1 Å². The molecule has 4 rings (SSSR count). The first kappa shape index (κ1) is 17.1. The molecule has 27 heavy (non-hydrogen) atoms. The predicted molar refractivity (Wildman–Crippen MR) is 103 cm³/mol. The van der Waals surface area contributed by atoms with Crippen LogP contribution >= 0.6 is 11.3 Å². The Bertz CT molecular complexity index is 995. The summed E-state index contributed by atoms with van der Waals surface area (Å²) in [5.41, 5.74) is 2.53. The number of thiazole rings is 1. The van der Waals surface area contributed by atoms with E-state index < -0.39 is 0 Å². The van der Waals surface area contributed by atoms with Gasteiger partial charge in [-0.25, -0.2) is 4.98 Å². The van der Waals surface area contributed by atoms with Crippen molar-refractivity contribution in [2.75, 3.05) is 11.9 Å². The van der Waals surface area contributed by atoms with Crippen LogP contribution in [0.25, 0.3) is 11.3 Å². The van der Waals surface area contributed by atoms with Crippen LogP contribution in [0.1, 0.15) is 27.1 Å². The van der Waals surface area contributed by atoms with Crippen molar-refractivity contribution in [2.24, 2.45) is 0 Å². The van der Waals surface area contributed by atoms with Crippen molar-refractivity contribution in [1.82, 2.24) is 9.88 Å². The molecule has 0 atom stereocenters. The first-order chi connectivity index (χ1) is 13.1. The van der Waals surface area contributed by atoms with Crippen molar-refractivity contribution in [3.8, 4) is 11.3 Å². The van der Waals surface area contributed by atoms with Crippen molar-refractivity contribution in [2.45, 2.75) is 6.42 Å². The average Bonchev–Trinajstić information content (AvgIpc) is 3.25. The van der Waals surface area contributed by atoms with Gasteiger partial charge in [0.1, 0.15) is 0 Å². The highest BCUT2D eigenvalue weighted by Gasteiger charge is 2.34. The molecule has 2 aromatic carbocycles. The van der Waals surface area contributed by atoms with Crippen molar-refractivity contribution >= 4 is 34.2 Å². The predicted octanol–water partition coefficient (Wildman–Crippen LogP) is 3.43. The van der Waals surface area contributed by atoms with E-state index in [1.807, 2.05) is 35.7 Å². The van der Waals surface area contributed by atoms with Crippen molar-refractivity contribution in [3.63, 3.8) is 0 Å². The molecule has 0 radical (unpaired) electrons. The highest BCUT2D eigenvalue weighted by atomic mass is 32.1. The highest BCUT2D eigenvalue weighted by Crippen LogP contribution is 2.25. The van der Waals surface area contributed by atoms with Crippen LogP contribution in [0.5, 0.6) is 0 Å². The smallest absolute Gasteiger partial charge is 0.261 e. The molecule has 1 N–H and O–H groups in total. The van der Waals surface area contributed by atoms with Gasteiger partial charge in [-0.3, -0.25) is 19.3 Å². The molecule has 134 valence electrons. The number of imide groups is 1. The second kappa shape index (κ2) is 7.13. The van der Waals surface area contributed by atoms with Gasteiger partial charge in [0.25, 0.3) is 11.8 Å². The SMILES string of the molecule is O=C(CCN1C(=O)c2ccccc2C1=O)Nc1nc(-c2ccccc2)cs1. The molecule has 6 nitrogen and oxygen atoms in total. The van der Waals surface area contributed by atoms with Crippen LogP contribution in [0.4, 0.5) is 5.13 Å². The van der Waals surface area contributed by atoms with Gasteiger partial charge >= 0.3 is 0 Å². The summed E-state index contributed by atoms with van der Waals surface area (Å²) in [4.78, 5) is 42.3. The zero-order valence-electron chi connectivity index (χ0n) is 14.2. The number of rotatable bonds is 5. The normalized spacial score (nSPS) is 13.0. The summed E-state index contributed by atoms with van der Waals surface area (Å²) >= 11 is 1.33. The lowest BCUT2D eigenvalue weighted by atomic mass is 10.1. The average molecular weight is 377 g/mol. The van der Waals surface area contributed by atoms with E-state index in [2.05, 4.69) is 10.3 Å². The summed E-state index contributed by atoms with van der Waals surface area (Å²) in [5, 5.41) is 5.08. The second-order valence-corrected chi connectivity index (χ2v) is 6.87. The minimum atomic E-state index is -0.357. The van der Waals surface area contributed by atoms with Crippen LogP contribution in [0.15, 0.2) is 60.0 Å². The second-order valence-electron chi connectivity index (χ2n) is 6.01. The van der Waals surface area contributed by atoms with Gasteiger partial charge in [-0.1, -0.05) is 42.5 Å². The van der Waals surface area contributed by atoms with Crippen LogP contribution < -0.4 is 5.32 Å². The Morgan fingerprint density at radius 2 is 1.59 bits per heavy atom. The Kier molecular flexibility index (Phi) is 4.52. The molecule has 0 spiro atoms. The molecule has 0 saturated carbocycles. The zero-order chi connectivity index (χ0) is 18.8. The molecule has 0 unspecified atom stereocenters. The van der Waals surface area contributed by atoms with Gasteiger partial charge in [0.05, 0.1) is 16.8 Å². The Morgan fingerprint density at radius 3 is 2.26 bits per heavy atom. The number of aromatic nitrogens is 1. The quantitative estimate of drug-likeness (QED) is 0.691. The highest BCUT2D eigenvalue weighted by molar-refractivity contribution is 7.14. The number of nitrogens with zero attached hydrogens (tertiary/aromatic N) is 2. The van der Waals surface area contributed by atoms with Crippen molar-refractivity contribution < 1.29 is 14.4 Å². The fraction of sp³-hybridized carbons (Fsp3) is 0.100. The molecule has 7 heteroatoms. The minimum absolute atomic E-state index is 0.0196. The number of nitrogens with one attached hydrogen (secondary N) is 1. The Morgan fingerprint density at radius 1 is 0.963 bits per heavy atom. The molecular formula is C20H15N3O3S. The first-order valence-corrected chi connectivity index (χ1v) is 9.27. The summed E-state index contributed by atoms with van der Waals surface area (Å²) in [7, 11) is 0. The number of fused-ring (bicyclic) bond motifs is 1.